The Morgan fingerprint density at radius 2 is 1.69 bits per heavy atom. The molecule has 2 heterocycles. The van der Waals surface area contributed by atoms with Crippen molar-refractivity contribution in [2.45, 2.75) is 26.3 Å². The van der Waals surface area contributed by atoms with E-state index >= 15 is 0 Å². The molecule has 1 N–H and O–H groups in total. The molecular weight excluding hydrogens is 475 g/mol. The van der Waals surface area contributed by atoms with Gasteiger partial charge in [-0.2, -0.15) is 0 Å². The first-order valence-electron chi connectivity index (χ1n) is 12.3. The third-order valence-electron chi connectivity index (χ3n) is 6.48. The molecule has 1 aliphatic rings. The van der Waals surface area contributed by atoms with Crippen LogP contribution in [0.4, 0.5) is 14.9 Å². The number of nitrogens with one attached hydrogen (secondary N) is 1. The van der Waals surface area contributed by atoms with Gasteiger partial charge in [0.2, 0.25) is 0 Å². The summed E-state index contributed by atoms with van der Waals surface area (Å²) in [6, 6.07) is 17.9. The smallest absolute Gasteiger partial charge is 0.321 e. The number of thiophene rings is 1. The lowest BCUT2D eigenvalue weighted by Gasteiger charge is -2.35. The molecule has 0 aliphatic carbocycles. The maximum Gasteiger partial charge on any atom is 0.321 e. The van der Waals surface area contributed by atoms with Crippen molar-refractivity contribution in [2.24, 2.45) is 0 Å². The fourth-order valence-corrected chi connectivity index (χ4v) is 4.90. The predicted molar refractivity (Wildman–Crippen MR) is 143 cm³/mol. The number of benzene rings is 2. The second-order valence-electron chi connectivity index (χ2n) is 9.37. The van der Waals surface area contributed by atoms with Crippen molar-refractivity contribution >= 4 is 29.0 Å². The summed E-state index contributed by atoms with van der Waals surface area (Å²) in [6.07, 6.45) is 0. The van der Waals surface area contributed by atoms with Gasteiger partial charge in [-0.3, -0.25) is 9.69 Å². The molecule has 8 heteroatoms. The summed E-state index contributed by atoms with van der Waals surface area (Å²) in [5, 5.41) is 4.89. The summed E-state index contributed by atoms with van der Waals surface area (Å²) in [7, 11) is 0. The van der Waals surface area contributed by atoms with Crippen LogP contribution in [0.5, 0.6) is 0 Å². The van der Waals surface area contributed by atoms with Crippen molar-refractivity contribution in [3.05, 3.63) is 87.9 Å². The fourth-order valence-electron chi connectivity index (χ4n) is 4.21. The van der Waals surface area contributed by atoms with E-state index in [9.17, 15) is 14.0 Å². The van der Waals surface area contributed by atoms with Gasteiger partial charge in [-0.1, -0.05) is 44.2 Å². The summed E-state index contributed by atoms with van der Waals surface area (Å²) >= 11 is 1.42. The van der Waals surface area contributed by atoms with Crippen molar-refractivity contribution in [1.82, 2.24) is 14.7 Å². The Labute approximate surface area is 216 Å². The number of amides is 3. The predicted octanol–water partition coefficient (Wildman–Crippen LogP) is 5.50. The Kier molecular flexibility index (Phi) is 8.72. The summed E-state index contributed by atoms with van der Waals surface area (Å²) < 4.78 is 13.3. The van der Waals surface area contributed by atoms with Crippen LogP contribution in [0.1, 0.15) is 40.6 Å². The number of anilines is 1. The SMILES string of the molecule is CC(C)c1ccc(NC(=O)N2CCN(CCN(Cc3ccc(F)cc3)C(=O)c3cccs3)CC2)cc1. The standard InChI is InChI=1S/C28H33FN4O2S/c1-21(2)23-7-11-25(12-8-23)30-28(35)32-16-13-31(14-17-32)15-18-33(27(34)26-4-3-19-36-26)20-22-5-9-24(29)10-6-22/h3-12,19,21H,13-18,20H2,1-2H3,(H,30,35). The molecule has 0 unspecified atom stereocenters. The van der Waals surface area contributed by atoms with E-state index in [0.717, 1.165) is 24.3 Å². The first-order chi connectivity index (χ1) is 17.4. The minimum atomic E-state index is -0.288. The lowest BCUT2D eigenvalue weighted by molar-refractivity contribution is 0.0709. The van der Waals surface area contributed by atoms with Crippen LogP contribution in [0.15, 0.2) is 66.0 Å². The molecule has 1 aliphatic heterocycles. The Morgan fingerprint density at radius 3 is 2.31 bits per heavy atom. The number of hydrogen-bond donors (Lipinski definition) is 1. The number of halogens is 1. The molecular formula is C28H33FN4O2S. The first-order valence-corrected chi connectivity index (χ1v) is 13.2. The third-order valence-corrected chi connectivity index (χ3v) is 7.34. The van der Waals surface area contributed by atoms with Gasteiger partial charge in [0.1, 0.15) is 5.82 Å². The van der Waals surface area contributed by atoms with Gasteiger partial charge < -0.3 is 15.1 Å². The Balaban J connectivity index is 1.29. The van der Waals surface area contributed by atoms with Crippen molar-refractivity contribution in [3.63, 3.8) is 0 Å². The van der Waals surface area contributed by atoms with Crippen LogP contribution in [0, 0.1) is 5.82 Å². The van der Waals surface area contributed by atoms with Crippen molar-refractivity contribution < 1.29 is 14.0 Å². The molecule has 3 aromatic rings. The number of nitrogens with zero attached hydrogens (tertiary/aromatic N) is 3. The number of piperazine rings is 1. The number of urea groups is 1. The average Bonchev–Trinajstić information content (AvgIpc) is 3.43. The molecule has 1 saturated heterocycles. The molecule has 0 spiro atoms. The highest BCUT2D eigenvalue weighted by atomic mass is 32.1. The Bertz CT molecular complexity index is 1130. The number of carbonyl (C=O) groups excluding carboxylic acids is 2. The highest BCUT2D eigenvalue weighted by molar-refractivity contribution is 7.12. The molecule has 2 aromatic carbocycles. The zero-order valence-electron chi connectivity index (χ0n) is 20.8. The highest BCUT2D eigenvalue weighted by Crippen LogP contribution is 2.18. The zero-order valence-corrected chi connectivity index (χ0v) is 21.6. The van der Waals surface area contributed by atoms with Gasteiger partial charge in [0.25, 0.3) is 5.91 Å². The van der Waals surface area contributed by atoms with E-state index in [-0.39, 0.29) is 17.8 Å². The highest BCUT2D eigenvalue weighted by Gasteiger charge is 2.23. The van der Waals surface area contributed by atoms with Gasteiger partial charge in [-0.05, 0) is 52.8 Å². The first kappa shape index (κ1) is 25.9. The second kappa shape index (κ2) is 12.1. The number of hydrogen-bond acceptors (Lipinski definition) is 4. The largest absolute Gasteiger partial charge is 0.332 e. The van der Waals surface area contributed by atoms with E-state index in [1.807, 2.05) is 51.6 Å². The average molecular weight is 509 g/mol. The van der Waals surface area contributed by atoms with Crippen molar-refractivity contribution in [1.29, 1.82) is 0 Å². The maximum absolute atomic E-state index is 13.3. The molecule has 0 bridgehead atoms. The molecule has 190 valence electrons. The molecule has 4 rings (SSSR count). The number of rotatable bonds is 8. The minimum absolute atomic E-state index is 0.0178. The van der Waals surface area contributed by atoms with Gasteiger partial charge in [0.15, 0.2) is 0 Å². The molecule has 0 atom stereocenters. The van der Waals surface area contributed by atoms with E-state index in [1.54, 1.807) is 12.1 Å². The van der Waals surface area contributed by atoms with Crippen LogP contribution in [0.3, 0.4) is 0 Å². The van der Waals surface area contributed by atoms with E-state index < -0.39 is 0 Å². The van der Waals surface area contributed by atoms with E-state index in [2.05, 4.69) is 24.1 Å². The van der Waals surface area contributed by atoms with Crippen LogP contribution < -0.4 is 5.32 Å². The van der Waals surface area contributed by atoms with E-state index in [4.69, 9.17) is 0 Å². The molecule has 3 amide bonds. The van der Waals surface area contributed by atoms with Crippen LogP contribution in [-0.2, 0) is 6.54 Å². The fraction of sp³-hybridized carbons (Fsp3) is 0.357. The summed E-state index contributed by atoms with van der Waals surface area (Å²) in [4.78, 5) is 32.5. The van der Waals surface area contributed by atoms with Crippen molar-refractivity contribution in [2.75, 3.05) is 44.6 Å². The van der Waals surface area contributed by atoms with Gasteiger partial charge >= 0.3 is 6.03 Å². The van der Waals surface area contributed by atoms with Crippen molar-refractivity contribution in [3.8, 4) is 0 Å². The van der Waals surface area contributed by atoms with E-state index in [1.165, 1.54) is 29.0 Å². The molecule has 1 fully saturated rings. The van der Waals surface area contributed by atoms with Crippen LogP contribution in [0.25, 0.3) is 0 Å². The lowest BCUT2D eigenvalue weighted by Crippen LogP contribution is -2.51. The summed E-state index contributed by atoms with van der Waals surface area (Å²) in [5.41, 5.74) is 2.94. The summed E-state index contributed by atoms with van der Waals surface area (Å²) in [6.45, 7) is 8.75. The quantitative estimate of drug-likeness (QED) is 0.437. The van der Waals surface area contributed by atoms with Crippen LogP contribution in [-0.4, -0.2) is 65.9 Å². The molecule has 0 radical (unpaired) electrons. The normalized spacial score (nSPS) is 14.2. The lowest BCUT2D eigenvalue weighted by atomic mass is 10.0. The molecule has 1 aromatic heterocycles. The molecule has 6 nitrogen and oxygen atoms in total. The van der Waals surface area contributed by atoms with Crippen LogP contribution in [0.2, 0.25) is 0 Å². The van der Waals surface area contributed by atoms with Crippen LogP contribution >= 0.6 is 11.3 Å². The van der Waals surface area contributed by atoms with Gasteiger partial charge in [0.05, 0.1) is 4.88 Å². The molecule has 0 saturated carbocycles. The maximum atomic E-state index is 13.3. The minimum Gasteiger partial charge on any atom is -0.332 e. The van der Waals surface area contributed by atoms with Gasteiger partial charge in [-0.25, -0.2) is 9.18 Å². The molecule has 36 heavy (non-hydrogen) atoms. The summed E-state index contributed by atoms with van der Waals surface area (Å²) in [5.74, 6) is 0.148. The van der Waals surface area contributed by atoms with Gasteiger partial charge in [-0.15, -0.1) is 11.3 Å². The van der Waals surface area contributed by atoms with Gasteiger partial charge in [0, 0.05) is 51.5 Å². The topological polar surface area (TPSA) is 55.9 Å². The second-order valence-corrected chi connectivity index (χ2v) is 10.3. The number of carbonyl (C=O) groups is 2. The zero-order chi connectivity index (χ0) is 25.5. The Morgan fingerprint density at radius 1 is 1.00 bits per heavy atom. The monoisotopic (exact) mass is 508 g/mol. The third kappa shape index (κ3) is 6.92. The Hall–Kier alpha value is -3.23. The van der Waals surface area contributed by atoms with E-state index in [0.29, 0.717) is 43.5 Å².